The fraction of sp³-hybridized carbons (Fsp3) is 0.381. The molecule has 3 heterocycles. The van der Waals surface area contributed by atoms with Gasteiger partial charge in [-0.05, 0) is 43.1 Å². The summed E-state index contributed by atoms with van der Waals surface area (Å²) in [5, 5.41) is 10.6. The second kappa shape index (κ2) is 9.28. The number of rotatable bonds is 8. The number of nitrogens with zero attached hydrogens (tertiary/aromatic N) is 3. The van der Waals surface area contributed by atoms with Gasteiger partial charge in [0.15, 0.2) is 0 Å². The summed E-state index contributed by atoms with van der Waals surface area (Å²) in [5.74, 6) is 0. The van der Waals surface area contributed by atoms with Gasteiger partial charge in [-0.25, -0.2) is 4.68 Å². The van der Waals surface area contributed by atoms with E-state index in [0.29, 0.717) is 0 Å². The number of thiophene rings is 1. The molecule has 142 valence electrons. The Kier molecular flexibility index (Phi) is 6.32. The fourth-order valence-corrected chi connectivity index (χ4v) is 4.09. The maximum Gasteiger partial charge on any atom is 0.107 e. The lowest BCUT2D eigenvalue weighted by atomic mass is 10.2. The molecule has 0 saturated carbocycles. The van der Waals surface area contributed by atoms with Crippen molar-refractivity contribution in [2.75, 3.05) is 39.4 Å². The maximum absolute atomic E-state index is 5.41. The first-order chi connectivity index (χ1) is 13.4. The molecule has 0 amide bonds. The van der Waals surface area contributed by atoms with Crippen molar-refractivity contribution in [1.82, 2.24) is 20.0 Å². The zero-order valence-corrected chi connectivity index (χ0v) is 16.3. The number of morpholine rings is 1. The van der Waals surface area contributed by atoms with Gasteiger partial charge in [-0.15, -0.1) is 11.3 Å². The van der Waals surface area contributed by atoms with Crippen molar-refractivity contribution in [3.63, 3.8) is 0 Å². The molecule has 4 rings (SSSR count). The maximum atomic E-state index is 5.41. The third-order valence-corrected chi connectivity index (χ3v) is 5.69. The zero-order valence-electron chi connectivity index (χ0n) is 15.5. The normalized spacial score (nSPS) is 15.3. The van der Waals surface area contributed by atoms with Crippen molar-refractivity contribution in [3.05, 3.63) is 59.6 Å². The third-order valence-electron chi connectivity index (χ3n) is 4.81. The van der Waals surface area contributed by atoms with Gasteiger partial charge in [0.2, 0.25) is 0 Å². The molecule has 1 aliphatic rings. The highest BCUT2D eigenvalue weighted by molar-refractivity contribution is 7.13. The number of hydrogen-bond acceptors (Lipinski definition) is 5. The summed E-state index contributed by atoms with van der Waals surface area (Å²) in [6.45, 7) is 6.85. The Morgan fingerprint density at radius 2 is 1.93 bits per heavy atom. The average Bonchev–Trinajstić information content (AvgIpc) is 3.39. The largest absolute Gasteiger partial charge is 0.379 e. The Hall–Kier alpha value is -1.99. The predicted octanol–water partition coefficient (Wildman–Crippen LogP) is 3.41. The lowest BCUT2D eigenvalue weighted by molar-refractivity contribution is 0.0374. The molecule has 6 heteroatoms. The number of aromatic nitrogens is 2. The van der Waals surface area contributed by atoms with E-state index >= 15 is 0 Å². The van der Waals surface area contributed by atoms with Gasteiger partial charge >= 0.3 is 0 Å². The summed E-state index contributed by atoms with van der Waals surface area (Å²) < 4.78 is 7.39. The summed E-state index contributed by atoms with van der Waals surface area (Å²) in [6, 6.07) is 14.5. The van der Waals surface area contributed by atoms with Crippen LogP contribution in [0.4, 0.5) is 0 Å². The number of nitrogens with one attached hydrogen (secondary N) is 1. The molecule has 0 radical (unpaired) electrons. The van der Waals surface area contributed by atoms with Crippen LogP contribution in [0.2, 0.25) is 0 Å². The zero-order chi connectivity index (χ0) is 18.3. The molecule has 5 nitrogen and oxygen atoms in total. The Labute approximate surface area is 164 Å². The first-order valence-electron chi connectivity index (χ1n) is 9.59. The Bertz CT molecular complexity index is 810. The fourth-order valence-electron chi connectivity index (χ4n) is 3.35. The second-order valence-corrected chi connectivity index (χ2v) is 7.69. The summed E-state index contributed by atoms with van der Waals surface area (Å²) in [7, 11) is 0. The number of benzene rings is 1. The third kappa shape index (κ3) is 4.84. The van der Waals surface area contributed by atoms with Gasteiger partial charge in [0.25, 0.3) is 0 Å². The van der Waals surface area contributed by atoms with Crippen LogP contribution in [-0.2, 0) is 11.3 Å². The minimum Gasteiger partial charge on any atom is -0.379 e. The predicted molar refractivity (Wildman–Crippen MR) is 110 cm³/mol. The van der Waals surface area contributed by atoms with Crippen LogP contribution >= 0.6 is 11.3 Å². The first-order valence-corrected chi connectivity index (χ1v) is 10.5. The Morgan fingerprint density at radius 1 is 1.07 bits per heavy atom. The molecule has 0 bridgehead atoms. The molecule has 0 unspecified atom stereocenters. The highest BCUT2D eigenvalue weighted by Crippen LogP contribution is 2.27. The van der Waals surface area contributed by atoms with Gasteiger partial charge in [-0.1, -0.05) is 24.3 Å². The summed E-state index contributed by atoms with van der Waals surface area (Å²) >= 11 is 1.74. The van der Waals surface area contributed by atoms with Gasteiger partial charge in [0, 0.05) is 31.4 Å². The molecular formula is C21H26N4OS. The molecule has 27 heavy (non-hydrogen) atoms. The smallest absolute Gasteiger partial charge is 0.107 e. The molecule has 0 spiro atoms. The minimum absolute atomic E-state index is 0.836. The van der Waals surface area contributed by atoms with Gasteiger partial charge in [0.05, 0.1) is 23.8 Å². The number of ether oxygens (including phenoxy) is 1. The quantitative estimate of drug-likeness (QED) is 0.606. The average molecular weight is 383 g/mol. The molecule has 1 saturated heterocycles. The van der Waals surface area contributed by atoms with E-state index in [1.807, 2.05) is 22.9 Å². The van der Waals surface area contributed by atoms with Crippen LogP contribution in [0.15, 0.2) is 54.0 Å². The molecule has 1 N–H and O–H groups in total. The molecule has 3 aromatic rings. The topological polar surface area (TPSA) is 42.3 Å². The van der Waals surface area contributed by atoms with Crippen molar-refractivity contribution in [2.45, 2.75) is 13.0 Å². The minimum atomic E-state index is 0.836. The van der Waals surface area contributed by atoms with E-state index in [2.05, 4.69) is 46.1 Å². The monoisotopic (exact) mass is 382 g/mol. The van der Waals surface area contributed by atoms with E-state index < -0.39 is 0 Å². The van der Waals surface area contributed by atoms with E-state index in [9.17, 15) is 0 Å². The lowest BCUT2D eigenvalue weighted by Crippen LogP contribution is -2.37. The molecule has 2 aromatic heterocycles. The van der Waals surface area contributed by atoms with Crippen LogP contribution < -0.4 is 5.32 Å². The van der Waals surface area contributed by atoms with Crippen molar-refractivity contribution >= 4 is 11.3 Å². The van der Waals surface area contributed by atoms with Crippen LogP contribution in [0.25, 0.3) is 16.3 Å². The van der Waals surface area contributed by atoms with Gasteiger partial charge in [0.1, 0.15) is 5.69 Å². The van der Waals surface area contributed by atoms with Crippen LogP contribution in [0.1, 0.15) is 12.0 Å². The molecular weight excluding hydrogens is 356 g/mol. The lowest BCUT2D eigenvalue weighted by Gasteiger charge is -2.26. The van der Waals surface area contributed by atoms with Crippen molar-refractivity contribution in [1.29, 1.82) is 0 Å². The SMILES string of the molecule is c1ccc(-n2cc(CNCCCN3CCOCC3)c(-c3cccs3)n2)cc1. The van der Waals surface area contributed by atoms with Crippen LogP contribution in [0.5, 0.6) is 0 Å². The second-order valence-electron chi connectivity index (χ2n) is 6.74. The number of hydrogen-bond donors (Lipinski definition) is 1. The van der Waals surface area contributed by atoms with Gasteiger partial charge in [-0.2, -0.15) is 5.10 Å². The van der Waals surface area contributed by atoms with Crippen molar-refractivity contribution in [3.8, 4) is 16.3 Å². The molecule has 1 fully saturated rings. The van der Waals surface area contributed by atoms with Crippen LogP contribution in [0.3, 0.4) is 0 Å². The summed E-state index contributed by atoms with van der Waals surface area (Å²) in [5.41, 5.74) is 3.41. The van der Waals surface area contributed by atoms with Crippen LogP contribution in [0, 0.1) is 0 Å². The highest BCUT2D eigenvalue weighted by Gasteiger charge is 2.13. The van der Waals surface area contributed by atoms with E-state index in [1.54, 1.807) is 11.3 Å². The molecule has 1 aliphatic heterocycles. The van der Waals surface area contributed by atoms with E-state index in [1.165, 1.54) is 10.4 Å². The molecule has 0 atom stereocenters. The summed E-state index contributed by atoms with van der Waals surface area (Å²) in [6.07, 6.45) is 3.31. The Morgan fingerprint density at radius 3 is 2.70 bits per heavy atom. The van der Waals surface area contributed by atoms with Crippen LogP contribution in [-0.4, -0.2) is 54.1 Å². The highest BCUT2D eigenvalue weighted by atomic mass is 32.1. The Balaban J connectivity index is 1.38. The van der Waals surface area contributed by atoms with E-state index in [4.69, 9.17) is 9.84 Å². The van der Waals surface area contributed by atoms with Crippen molar-refractivity contribution < 1.29 is 4.74 Å². The summed E-state index contributed by atoms with van der Waals surface area (Å²) in [4.78, 5) is 3.70. The standard InChI is InChI=1S/C21H26N4OS/c1-2-6-19(7-3-1)25-17-18(21(23-25)20-8-4-15-27-20)16-22-9-5-10-24-11-13-26-14-12-24/h1-4,6-8,15,17,22H,5,9-14,16H2. The first kappa shape index (κ1) is 18.4. The van der Waals surface area contributed by atoms with E-state index in [-0.39, 0.29) is 0 Å². The van der Waals surface area contributed by atoms with Crippen molar-refractivity contribution in [2.24, 2.45) is 0 Å². The van der Waals surface area contributed by atoms with Gasteiger partial charge < -0.3 is 10.1 Å². The molecule has 0 aliphatic carbocycles. The number of para-hydroxylation sites is 1. The van der Waals surface area contributed by atoms with E-state index in [0.717, 1.165) is 63.7 Å². The molecule has 1 aromatic carbocycles. The van der Waals surface area contributed by atoms with Gasteiger partial charge in [-0.3, -0.25) is 4.90 Å².